The van der Waals surface area contributed by atoms with Gasteiger partial charge in [0.1, 0.15) is 0 Å². The molecule has 0 aromatic rings. The second kappa shape index (κ2) is 17.6. The highest BCUT2D eigenvalue weighted by Gasteiger charge is 2.07. The second-order valence-electron chi connectivity index (χ2n) is 7.62. The predicted octanol–water partition coefficient (Wildman–Crippen LogP) is 6.97. The van der Waals surface area contributed by atoms with E-state index in [1.807, 2.05) is 0 Å². The molecule has 1 atom stereocenters. The molecule has 0 aromatic carbocycles. The van der Waals surface area contributed by atoms with E-state index >= 15 is 0 Å². The monoisotopic (exact) mass is 358 g/mol. The van der Waals surface area contributed by atoms with Gasteiger partial charge in [0.2, 0.25) is 0 Å². The molecule has 0 aromatic heterocycles. The van der Waals surface area contributed by atoms with Crippen LogP contribution in [-0.4, -0.2) is 17.8 Å². The van der Waals surface area contributed by atoms with Crippen molar-refractivity contribution in [1.82, 2.24) is 0 Å². The molecule has 0 spiro atoms. The van der Waals surface area contributed by atoms with Crippen molar-refractivity contribution in [2.45, 2.75) is 116 Å². The standard InChI is InChI=1S/C21H42O2S/c1-19(2)17-15-13-11-9-7-5-4-6-8-10-12-14-16-18-23-21(22)20(3)24/h19-20,24H,4-18H2,1-3H3. The van der Waals surface area contributed by atoms with Gasteiger partial charge < -0.3 is 4.74 Å². The van der Waals surface area contributed by atoms with Crippen LogP contribution in [0.25, 0.3) is 0 Å². The number of hydrogen-bond donors (Lipinski definition) is 1. The number of hydrogen-bond acceptors (Lipinski definition) is 3. The Balaban J connectivity index is 3.06. The van der Waals surface area contributed by atoms with Crippen LogP contribution in [0.3, 0.4) is 0 Å². The van der Waals surface area contributed by atoms with Crippen LogP contribution in [-0.2, 0) is 9.53 Å². The predicted molar refractivity (Wildman–Crippen MR) is 109 cm³/mol. The van der Waals surface area contributed by atoms with Crippen molar-refractivity contribution >= 4 is 18.6 Å². The summed E-state index contributed by atoms with van der Waals surface area (Å²) in [6.45, 7) is 6.94. The van der Waals surface area contributed by atoms with Crippen LogP contribution in [0.4, 0.5) is 0 Å². The molecule has 0 bridgehead atoms. The van der Waals surface area contributed by atoms with Gasteiger partial charge in [0.05, 0.1) is 11.9 Å². The van der Waals surface area contributed by atoms with E-state index in [2.05, 4.69) is 26.5 Å². The minimum Gasteiger partial charge on any atom is -0.465 e. The van der Waals surface area contributed by atoms with Gasteiger partial charge in [0.15, 0.2) is 0 Å². The van der Waals surface area contributed by atoms with Gasteiger partial charge in [-0.25, -0.2) is 0 Å². The van der Waals surface area contributed by atoms with Gasteiger partial charge in [-0.2, -0.15) is 12.6 Å². The fourth-order valence-corrected chi connectivity index (χ4v) is 2.97. The molecule has 1 unspecified atom stereocenters. The summed E-state index contributed by atoms with van der Waals surface area (Å²) >= 11 is 4.05. The van der Waals surface area contributed by atoms with Crippen LogP contribution in [0.15, 0.2) is 0 Å². The molecule has 0 fully saturated rings. The quantitative estimate of drug-likeness (QED) is 0.173. The van der Waals surface area contributed by atoms with Crippen molar-refractivity contribution in [2.75, 3.05) is 6.61 Å². The lowest BCUT2D eigenvalue weighted by Crippen LogP contribution is -2.15. The molecule has 3 heteroatoms. The molecule has 0 aliphatic rings. The van der Waals surface area contributed by atoms with Gasteiger partial charge in [-0.3, -0.25) is 4.79 Å². The number of unbranched alkanes of at least 4 members (excludes halogenated alkanes) is 12. The van der Waals surface area contributed by atoms with E-state index in [-0.39, 0.29) is 11.2 Å². The van der Waals surface area contributed by atoms with Gasteiger partial charge in [-0.1, -0.05) is 97.3 Å². The molecule has 0 saturated heterocycles. The number of thiol groups is 1. The Kier molecular flexibility index (Phi) is 17.5. The van der Waals surface area contributed by atoms with E-state index < -0.39 is 0 Å². The van der Waals surface area contributed by atoms with Gasteiger partial charge in [-0.05, 0) is 19.3 Å². The highest BCUT2D eigenvalue weighted by molar-refractivity contribution is 7.81. The van der Waals surface area contributed by atoms with Gasteiger partial charge in [0, 0.05) is 0 Å². The summed E-state index contributed by atoms with van der Waals surface area (Å²) in [7, 11) is 0. The lowest BCUT2D eigenvalue weighted by atomic mass is 10.0. The van der Waals surface area contributed by atoms with Gasteiger partial charge in [-0.15, -0.1) is 0 Å². The molecular weight excluding hydrogens is 316 g/mol. The molecule has 144 valence electrons. The number of rotatable bonds is 17. The molecular formula is C21H42O2S. The normalized spacial score (nSPS) is 12.5. The summed E-state index contributed by atoms with van der Waals surface area (Å²) < 4.78 is 5.11. The molecule has 24 heavy (non-hydrogen) atoms. The zero-order chi connectivity index (χ0) is 18.0. The molecule has 2 nitrogen and oxygen atoms in total. The third-order valence-corrected chi connectivity index (χ3v) is 4.72. The SMILES string of the molecule is CC(C)CCCCCCCCCCCCCCCOC(=O)C(C)S. The van der Waals surface area contributed by atoms with Crippen molar-refractivity contribution in [3.05, 3.63) is 0 Å². The first kappa shape index (κ1) is 23.8. The second-order valence-corrected chi connectivity index (χ2v) is 8.40. The number of carbonyl (C=O) groups is 1. The summed E-state index contributed by atoms with van der Waals surface area (Å²) in [6.07, 6.45) is 18.9. The average Bonchev–Trinajstić information content (AvgIpc) is 2.53. The van der Waals surface area contributed by atoms with E-state index in [9.17, 15) is 4.79 Å². The summed E-state index contributed by atoms with van der Waals surface area (Å²) in [5.41, 5.74) is 0. The smallest absolute Gasteiger partial charge is 0.318 e. The van der Waals surface area contributed by atoms with E-state index in [1.54, 1.807) is 6.92 Å². The van der Waals surface area contributed by atoms with E-state index in [0.717, 1.165) is 12.3 Å². The van der Waals surface area contributed by atoms with Crippen LogP contribution in [0.2, 0.25) is 0 Å². The molecule has 0 rings (SSSR count). The first-order valence-electron chi connectivity index (χ1n) is 10.4. The third-order valence-electron chi connectivity index (χ3n) is 4.51. The summed E-state index contributed by atoms with van der Waals surface area (Å²) in [6, 6.07) is 0. The third kappa shape index (κ3) is 18.2. The number of ether oxygens (including phenoxy) is 1. The number of carbonyl (C=O) groups excluding carboxylic acids is 1. The van der Waals surface area contributed by atoms with Crippen LogP contribution >= 0.6 is 12.6 Å². The lowest BCUT2D eigenvalue weighted by Gasteiger charge is -2.06. The molecule has 0 radical (unpaired) electrons. The maximum atomic E-state index is 11.2. The Labute approximate surface area is 156 Å². The Bertz CT molecular complexity index is 277. The molecule has 0 aliphatic carbocycles. The van der Waals surface area contributed by atoms with E-state index in [1.165, 1.54) is 83.5 Å². The Morgan fingerprint density at radius 2 is 1.08 bits per heavy atom. The van der Waals surface area contributed by atoms with Crippen molar-refractivity contribution in [3.8, 4) is 0 Å². The van der Waals surface area contributed by atoms with Crippen molar-refractivity contribution in [3.63, 3.8) is 0 Å². The summed E-state index contributed by atoms with van der Waals surface area (Å²) in [5, 5.41) is -0.301. The Morgan fingerprint density at radius 3 is 1.46 bits per heavy atom. The van der Waals surface area contributed by atoms with E-state index in [4.69, 9.17) is 4.74 Å². The molecule has 0 saturated carbocycles. The summed E-state index contributed by atoms with van der Waals surface area (Å²) in [4.78, 5) is 11.2. The fourth-order valence-electron chi connectivity index (χ4n) is 2.89. The molecule has 0 N–H and O–H groups in total. The zero-order valence-corrected chi connectivity index (χ0v) is 17.4. The first-order chi connectivity index (χ1) is 11.5. The summed E-state index contributed by atoms with van der Waals surface area (Å²) in [5.74, 6) is 0.676. The van der Waals surface area contributed by atoms with Crippen molar-refractivity contribution in [2.24, 2.45) is 5.92 Å². The minimum atomic E-state index is -0.301. The fraction of sp³-hybridized carbons (Fsp3) is 0.952. The average molecular weight is 359 g/mol. The Morgan fingerprint density at radius 1 is 0.708 bits per heavy atom. The topological polar surface area (TPSA) is 26.3 Å². The van der Waals surface area contributed by atoms with Gasteiger partial charge >= 0.3 is 5.97 Å². The first-order valence-corrected chi connectivity index (χ1v) is 10.9. The molecule has 0 heterocycles. The minimum absolute atomic E-state index is 0.196. The van der Waals surface area contributed by atoms with Crippen LogP contribution < -0.4 is 0 Å². The molecule has 0 aliphatic heterocycles. The highest BCUT2D eigenvalue weighted by atomic mass is 32.1. The lowest BCUT2D eigenvalue weighted by molar-refractivity contribution is -0.142. The van der Waals surface area contributed by atoms with Gasteiger partial charge in [0.25, 0.3) is 0 Å². The van der Waals surface area contributed by atoms with Crippen LogP contribution in [0.5, 0.6) is 0 Å². The molecule has 0 amide bonds. The number of esters is 1. The maximum Gasteiger partial charge on any atom is 0.318 e. The zero-order valence-electron chi connectivity index (χ0n) is 16.5. The largest absolute Gasteiger partial charge is 0.465 e. The maximum absolute atomic E-state index is 11.2. The highest BCUT2D eigenvalue weighted by Crippen LogP contribution is 2.14. The van der Waals surface area contributed by atoms with Crippen molar-refractivity contribution in [1.29, 1.82) is 0 Å². The Hall–Kier alpha value is -0.180. The van der Waals surface area contributed by atoms with Crippen LogP contribution in [0.1, 0.15) is 111 Å². The van der Waals surface area contributed by atoms with Crippen LogP contribution in [0, 0.1) is 5.92 Å². The van der Waals surface area contributed by atoms with E-state index in [0.29, 0.717) is 6.61 Å². The van der Waals surface area contributed by atoms with Crippen molar-refractivity contribution < 1.29 is 9.53 Å².